The zero-order valence-corrected chi connectivity index (χ0v) is 11.0. The fourth-order valence-corrected chi connectivity index (χ4v) is 1.63. The number of carboxylic acid groups (broad SMARTS) is 1. The Kier molecular flexibility index (Phi) is 3.74. The number of hydrogen-bond acceptors (Lipinski definition) is 6. The van der Waals surface area contributed by atoms with Gasteiger partial charge in [-0.05, 0) is 0 Å². The van der Waals surface area contributed by atoms with Crippen molar-refractivity contribution < 1.29 is 19.4 Å². The van der Waals surface area contributed by atoms with E-state index < -0.39 is 5.97 Å². The Balaban J connectivity index is 2.28. The number of aromatic carboxylic acids is 1. The van der Waals surface area contributed by atoms with Crippen LogP contribution in [0.1, 0.15) is 16.2 Å². The van der Waals surface area contributed by atoms with E-state index in [2.05, 4.69) is 10.1 Å². The molecular formula is C12H14N4O4. The predicted octanol–water partition coefficient (Wildman–Crippen LogP) is 0.683. The number of nitrogens with two attached hydrogens (primary N) is 1. The Morgan fingerprint density at radius 1 is 1.45 bits per heavy atom. The van der Waals surface area contributed by atoms with Gasteiger partial charge < -0.3 is 20.3 Å². The number of rotatable bonds is 5. The van der Waals surface area contributed by atoms with Crippen LogP contribution >= 0.6 is 0 Å². The maximum absolute atomic E-state index is 11.1. The number of benzene rings is 1. The quantitative estimate of drug-likeness (QED) is 0.773. The van der Waals surface area contributed by atoms with Crippen LogP contribution in [0.2, 0.25) is 0 Å². The predicted molar refractivity (Wildman–Crippen MR) is 69.7 cm³/mol. The van der Waals surface area contributed by atoms with E-state index in [0.29, 0.717) is 11.6 Å². The molecule has 2 aromatic rings. The number of aryl methyl sites for hydroxylation is 1. The molecule has 0 aliphatic carbocycles. The first-order chi connectivity index (χ1) is 9.52. The average Bonchev–Trinajstić information content (AvgIpc) is 2.82. The van der Waals surface area contributed by atoms with Crippen molar-refractivity contribution >= 4 is 11.7 Å². The molecule has 0 bridgehead atoms. The van der Waals surface area contributed by atoms with Gasteiger partial charge in [-0.2, -0.15) is 5.10 Å². The Hall–Kier alpha value is -2.77. The maximum atomic E-state index is 11.1. The number of hydrogen-bond donors (Lipinski definition) is 2. The average molecular weight is 278 g/mol. The second-order valence-electron chi connectivity index (χ2n) is 3.98. The monoisotopic (exact) mass is 278 g/mol. The number of methoxy groups -OCH3 is 1. The van der Waals surface area contributed by atoms with Crippen LogP contribution < -0.4 is 15.2 Å². The van der Waals surface area contributed by atoms with E-state index in [1.807, 2.05) is 0 Å². The van der Waals surface area contributed by atoms with Gasteiger partial charge in [-0.3, -0.25) is 4.68 Å². The van der Waals surface area contributed by atoms with Crippen LogP contribution in [-0.4, -0.2) is 33.0 Å². The summed E-state index contributed by atoms with van der Waals surface area (Å²) in [7, 11) is 3.18. The van der Waals surface area contributed by atoms with Crippen LogP contribution in [0.3, 0.4) is 0 Å². The van der Waals surface area contributed by atoms with E-state index in [1.54, 1.807) is 11.7 Å². The van der Waals surface area contributed by atoms with Crippen molar-refractivity contribution in [2.24, 2.45) is 7.05 Å². The summed E-state index contributed by atoms with van der Waals surface area (Å²) in [5.74, 6) is 0.103. The van der Waals surface area contributed by atoms with E-state index in [4.69, 9.17) is 20.3 Å². The van der Waals surface area contributed by atoms with Gasteiger partial charge in [0.25, 0.3) is 0 Å². The summed E-state index contributed by atoms with van der Waals surface area (Å²) in [4.78, 5) is 15.1. The standard InChI is InChI=1S/C12H14N4O4/c1-16-11(14-6-15-16)5-20-10-3-7(12(17)18)8(13)4-9(10)19-2/h3-4,6H,5,13H2,1-2H3,(H,17,18). The number of carboxylic acids is 1. The number of nitrogen functional groups attached to an aromatic ring is 1. The molecule has 1 aromatic carbocycles. The third-order valence-electron chi connectivity index (χ3n) is 2.73. The fourth-order valence-electron chi connectivity index (χ4n) is 1.63. The molecule has 1 aromatic heterocycles. The first-order valence-electron chi connectivity index (χ1n) is 5.69. The summed E-state index contributed by atoms with van der Waals surface area (Å²) in [6.45, 7) is 0.135. The van der Waals surface area contributed by atoms with Crippen molar-refractivity contribution in [3.8, 4) is 11.5 Å². The van der Waals surface area contributed by atoms with Gasteiger partial charge in [0.15, 0.2) is 17.3 Å². The second-order valence-corrected chi connectivity index (χ2v) is 3.98. The van der Waals surface area contributed by atoms with Gasteiger partial charge >= 0.3 is 5.97 Å². The summed E-state index contributed by atoms with van der Waals surface area (Å²) in [6, 6.07) is 2.74. The normalized spacial score (nSPS) is 10.3. The number of carbonyl (C=O) groups is 1. The molecule has 0 aliphatic rings. The lowest BCUT2D eigenvalue weighted by molar-refractivity contribution is 0.0697. The number of nitrogens with zero attached hydrogens (tertiary/aromatic N) is 3. The maximum Gasteiger partial charge on any atom is 0.337 e. The van der Waals surface area contributed by atoms with Crippen LogP contribution in [0.25, 0.3) is 0 Å². The molecule has 0 amide bonds. The van der Waals surface area contributed by atoms with E-state index in [1.165, 1.54) is 25.6 Å². The van der Waals surface area contributed by atoms with E-state index >= 15 is 0 Å². The molecule has 2 rings (SSSR count). The summed E-state index contributed by atoms with van der Waals surface area (Å²) in [5.41, 5.74) is 5.71. The molecule has 1 heterocycles. The molecule has 106 valence electrons. The molecule has 20 heavy (non-hydrogen) atoms. The van der Waals surface area contributed by atoms with Crippen LogP contribution in [0.4, 0.5) is 5.69 Å². The van der Waals surface area contributed by atoms with Gasteiger partial charge in [0.05, 0.1) is 18.4 Å². The molecule has 0 saturated heterocycles. The Morgan fingerprint density at radius 2 is 2.20 bits per heavy atom. The summed E-state index contributed by atoms with van der Waals surface area (Å²) in [6.07, 6.45) is 1.40. The minimum absolute atomic E-state index is 0.0428. The molecule has 0 saturated carbocycles. The van der Waals surface area contributed by atoms with Gasteiger partial charge in [0.2, 0.25) is 0 Å². The summed E-state index contributed by atoms with van der Waals surface area (Å²) >= 11 is 0. The second kappa shape index (κ2) is 5.47. The van der Waals surface area contributed by atoms with Crippen LogP contribution in [0.5, 0.6) is 11.5 Å². The van der Waals surface area contributed by atoms with E-state index in [-0.39, 0.29) is 23.6 Å². The van der Waals surface area contributed by atoms with Crippen molar-refractivity contribution in [2.75, 3.05) is 12.8 Å². The van der Waals surface area contributed by atoms with E-state index in [0.717, 1.165) is 0 Å². The first kappa shape index (κ1) is 13.7. The largest absolute Gasteiger partial charge is 0.493 e. The number of anilines is 1. The SMILES string of the molecule is COc1cc(N)c(C(=O)O)cc1OCc1ncnn1C. The molecule has 0 atom stereocenters. The van der Waals surface area contributed by atoms with Crippen molar-refractivity contribution in [1.82, 2.24) is 14.8 Å². The Bertz CT molecular complexity index is 638. The molecular weight excluding hydrogens is 264 g/mol. The molecule has 8 nitrogen and oxygen atoms in total. The van der Waals surface area contributed by atoms with Crippen molar-refractivity contribution in [2.45, 2.75) is 6.61 Å². The van der Waals surface area contributed by atoms with Gasteiger partial charge in [0, 0.05) is 19.2 Å². The third kappa shape index (κ3) is 2.63. The zero-order valence-electron chi connectivity index (χ0n) is 11.0. The topological polar surface area (TPSA) is 112 Å². The Labute approximate surface area is 114 Å². The highest BCUT2D eigenvalue weighted by Crippen LogP contribution is 2.32. The highest BCUT2D eigenvalue weighted by molar-refractivity contribution is 5.94. The fraction of sp³-hybridized carbons (Fsp3) is 0.250. The van der Waals surface area contributed by atoms with Gasteiger partial charge in [-0.1, -0.05) is 0 Å². The highest BCUT2D eigenvalue weighted by atomic mass is 16.5. The van der Waals surface area contributed by atoms with Crippen LogP contribution in [-0.2, 0) is 13.7 Å². The third-order valence-corrected chi connectivity index (χ3v) is 2.73. The lowest BCUT2D eigenvalue weighted by Gasteiger charge is -2.12. The molecule has 0 fully saturated rings. The Morgan fingerprint density at radius 3 is 2.75 bits per heavy atom. The van der Waals surface area contributed by atoms with Crippen LogP contribution in [0.15, 0.2) is 18.5 Å². The first-order valence-corrected chi connectivity index (χ1v) is 5.69. The molecule has 0 radical (unpaired) electrons. The van der Waals surface area contributed by atoms with Crippen molar-refractivity contribution in [3.05, 3.63) is 29.8 Å². The minimum atomic E-state index is -1.13. The minimum Gasteiger partial charge on any atom is -0.493 e. The lowest BCUT2D eigenvalue weighted by atomic mass is 10.1. The number of ether oxygens (including phenoxy) is 2. The molecule has 3 N–H and O–H groups in total. The van der Waals surface area contributed by atoms with Gasteiger partial charge in [-0.15, -0.1) is 0 Å². The zero-order chi connectivity index (χ0) is 14.7. The molecule has 8 heteroatoms. The van der Waals surface area contributed by atoms with Crippen molar-refractivity contribution in [1.29, 1.82) is 0 Å². The summed E-state index contributed by atoms with van der Waals surface area (Å²) in [5, 5.41) is 13.0. The summed E-state index contributed by atoms with van der Waals surface area (Å²) < 4.78 is 12.2. The molecule has 0 unspecified atom stereocenters. The smallest absolute Gasteiger partial charge is 0.337 e. The lowest BCUT2D eigenvalue weighted by Crippen LogP contribution is -2.07. The van der Waals surface area contributed by atoms with Gasteiger partial charge in [0.1, 0.15) is 12.9 Å². The number of aromatic nitrogens is 3. The van der Waals surface area contributed by atoms with E-state index in [9.17, 15) is 4.79 Å². The van der Waals surface area contributed by atoms with Crippen molar-refractivity contribution in [3.63, 3.8) is 0 Å². The highest BCUT2D eigenvalue weighted by Gasteiger charge is 2.15. The molecule has 0 spiro atoms. The molecule has 0 aliphatic heterocycles. The van der Waals surface area contributed by atoms with Gasteiger partial charge in [-0.25, -0.2) is 9.78 Å². The van der Waals surface area contributed by atoms with Crippen LogP contribution in [0, 0.1) is 0 Å².